The summed E-state index contributed by atoms with van der Waals surface area (Å²) in [4.78, 5) is 0. The molecule has 1 N–H and O–H groups in total. The van der Waals surface area contributed by atoms with Crippen LogP contribution in [-0.4, -0.2) is 13.1 Å². The highest BCUT2D eigenvalue weighted by atomic mass is 14.8. The molecule has 0 heterocycles. The van der Waals surface area contributed by atoms with Crippen LogP contribution in [0.2, 0.25) is 0 Å². The number of rotatable bonds is 6. The van der Waals surface area contributed by atoms with Gasteiger partial charge in [0.05, 0.1) is 0 Å². The zero-order chi connectivity index (χ0) is 14.5. The fourth-order valence-electron chi connectivity index (χ4n) is 3.39. The first-order valence-electron chi connectivity index (χ1n) is 8.23. The molecule has 1 heteroatoms. The van der Waals surface area contributed by atoms with Crippen molar-refractivity contribution in [2.24, 2.45) is 0 Å². The lowest BCUT2D eigenvalue weighted by Crippen LogP contribution is -2.22. The monoisotopic (exact) mass is 279 g/mol. The first kappa shape index (κ1) is 14.3. The third-order valence-electron chi connectivity index (χ3n) is 4.56. The van der Waals surface area contributed by atoms with Crippen molar-refractivity contribution < 1.29 is 0 Å². The highest BCUT2D eigenvalue weighted by Crippen LogP contribution is 2.26. The van der Waals surface area contributed by atoms with Crippen LogP contribution in [0.5, 0.6) is 0 Å². The molecular weight excluding hydrogens is 254 g/mol. The number of likely N-dealkylation sites (N-methyl/N-ethyl adjacent to an activating group) is 1. The molecule has 2 aromatic carbocycles. The fraction of sp³-hybridized carbons (Fsp3) is 0.400. The molecule has 0 radical (unpaired) electrons. The summed E-state index contributed by atoms with van der Waals surface area (Å²) in [5.74, 6) is 0.561. The Morgan fingerprint density at radius 3 is 2.62 bits per heavy atom. The summed E-state index contributed by atoms with van der Waals surface area (Å²) >= 11 is 0. The molecule has 0 amide bonds. The van der Waals surface area contributed by atoms with E-state index in [4.69, 9.17) is 0 Å². The zero-order valence-electron chi connectivity index (χ0n) is 12.9. The maximum absolute atomic E-state index is 3.52. The van der Waals surface area contributed by atoms with Gasteiger partial charge in [0.1, 0.15) is 0 Å². The van der Waals surface area contributed by atoms with E-state index in [0.717, 1.165) is 19.5 Å². The normalized spacial score (nSPS) is 14.9. The van der Waals surface area contributed by atoms with Gasteiger partial charge in [0.25, 0.3) is 0 Å². The van der Waals surface area contributed by atoms with Crippen molar-refractivity contribution >= 4 is 0 Å². The van der Waals surface area contributed by atoms with Gasteiger partial charge in [-0.3, -0.25) is 0 Å². The highest BCUT2D eigenvalue weighted by Gasteiger charge is 2.15. The number of nitrogens with one attached hydrogen (secondary N) is 1. The summed E-state index contributed by atoms with van der Waals surface area (Å²) in [6.45, 7) is 4.27. The van der Waals surface area contributed by atoms with Crippen LogP contribution in [0, 0.1) is 0 Å². The number of aryl methyl sites for hydroxylation is 2. The Hall–Kier alpha value is -1.60. The van der Waals surface area contributed by atoms with Gasteiger partial charge in [-0.1, -0.05) is 55.5 Å². The van der Waals surface area contributed by atoms with E-state index in [1.54, 1.807) is 11.1 Å². The topological polar surface area (TPSA) is 12.0 Å². The summed E-state index contributed by atoms with van der Waals surface area (Å²) < 4.78 is 0. The third kappa shape index (κ3) is 3.54. The van der Waals surface area contributed by atoms with Crippen LogP contribution in [0.1, 0.15) is 41.5 Å². The number of hydrogen-bond acceptors (Lipinski definition) is 1. The van der Waals surface area contributed by atoms with Gasteiger partial charge in [-0.2, -0.15) is 0 Å². The standard InChI is InChI=1S/C20H25N/c1-2-21-15-20(17-7-4-3-5-8-17)14-16-11-12-18-9-6-10-19(18)13-16/h3-5,7-8,11-13,20-21H,2,6,9-10,14-15H2,1H3. The summed E-state index contributed by atoms with van der Waals surface area (Å²) in [6, 6.07) is 18.1. The van der Waals surface area contributed by atoms with Gasteiger partial charge in [0, 0.05) is 12.5 Å². The molecule has 0 spiro atoms. The van der Waals surface area contributed by atoms with Gasteiger partial charge in [0.15, 0.2) is 0 Å². The van der Waals surface area contributed by atoms with Gasteiger partial charge in [-0.15, -0.1) is 0 Å². The van der Waals surface area contributed by atoms with E-state index in [9.17, 15) is 0 Å². The quantitative estimate of drug-likeness (QED) is 0.839. The van der Waals surface area contributed by atoms with Crippen molar-refractivity contribution in [3.8, 4) is 0 Å². The van der Waals surface area contributed by atoms with Crippen molar-refractivity contribution in [2.75, 3.05) is 13.1 Å². The molecule has 1 nitrogen and oxygen atoms in total. The van der Waals surface area contributed by atoms with Crippen molar-refractivity contribution in [3.05, 3.63) is 70.8 Å². The Bertz CT molecular complexity index is 574. The van der Waals surface area contributed by atoms with Gasteiger partial charge >= 0.3 is 0 Å². The average molecular weight is 279 g/mol. The molecule has 0 aromatic heterocycles. The molecule has 3 rings (SSSR count). The number of hydrogen-bond donors (Lipinski definition) is 1. The van der Waals surface area contributed by atoms with E-state index >= 15 is 0 Å². The maximum Gasteiger partial charge on any atom is 0.00232 e. The SMILES string of the molecule is CCNCC(Cc1ccc2c(c1)CCC2)c1ccccc1. The molecule has 1 aliphatic carbocycles. The molecule has 110 valence electrons. The van der Waals surface area contributed by atoms with Gasteiger partial charge < -0.3 is 5.32 Å². The predicted octanol–water partition coefficient (Wildman–Crippen LogP) is 4.11. The largest absolute Gasteiger partial charge is 0.316 e. The summed E-state index contributed by atoms with van der Waals surface area (Å²) in [5.41, 5.74) is 6.09. The molecule has 0 fully saturated rings. The van der Waals surface area contributed by atoms with Crippen molar-refractivity contribution in [2.45, 2.75) is 38.5 Å². The zero-order valence-corrected chi connectivity index (χ0v) is 12.9. The Balaban J connectivity index is 1.77. The van der Waals surface area contributed by atoms with Crippen molar-refractivity contribution in [1.82, 2.24) is 5.32 Å². The molecule has 0 bridgehead atoms. The van der Waals surface area contributed by atoms with Gasteiger partial charge in [0.2, 0.25) is 0 Å². The highest BCUT2D eigenvalue weighted by molar-refractivity contribution is 5.36. The second-order valence-corrected chi connectivity index (χ2v) is 6.08. The first-order valence-corrected chi connectivity index (χ1v) is 8.23. The summed E-state index contributed by atoms with van der Waals surface area (Å²) in [7, 11) is 0. The predicted molar refractivity (Wildman–Crippen MR) is 89.9 cm³/mol. The van der Waals surface area contributed by atoms with E-state index in [1.807, 2.05) is 0 Å². The second kappa shape index (κ2) is 6.91. The maximum atomic E-state index is 3.52. The van der Waals surface area contributed by atoms with Crippen LogP contribution in [0.3, 0.4) is 0 Å². The van der Waals surface area contributed by atoms with Gasteiger partial charge in [-0.25, -0.2) is 0 Å². The Kier molecular flexibility index (Phi) is 4.72. The number of fused-ring (bicyclic) bond motifs is 1. The molecule has 21 heavy (non-hydrogen) atoms. The van der Waals surface area contributed by atoms with Crippen LogP contribution in [0.25, 0.3) is 0 Å². The second-order valence-electron chi connectivity index (χ2n) is 6.08. The van der Waals surface area contributed by atoms with Crippen LogP contribution >= 0.6 is 0 Å². The minimum Gasteiger partial charge on any atom is -0.316 e. The Labute approximate surface area is 128 Å². The molecule has 1 unspecified atom stereocenters. The van der Waals surface area contributed by atoms with E-state index < -0.39 is 0 Å². The minimum absolute atomic E-state index is 0.561. The smallest absolute Gasteiger partial charge is 0.00232 e. The lowest BCUT2D eigenvalue weighted by Gasteiger charge is -2.18. The van der Waals surface area contributed by atoms with Crippen LogP contribution in [0.15, 0.2) is 48.5 Å². The molecule has 0 saturated carbocycles. The van der Waals surface area contributed by atoms with E-state index in [0.29, 0.717) is 5.92 Å². The molecule has 1 atom stereocenters. The minimum atomic E-state index is 0.561. The first-order chi connectivity index (χ1) is 10.4. The van der Waals surface area contributed by atoms with E-state index in [-0.39, 0.29) is 0 Å². The lowest BCUT2D eigenvalue weighted by atomic mass is 9.90. The lowest BCUT2D eigenvalue weighted by molar-refractivity contribution is 0.595. The summed E-state index contributed by atoms with van der Waals surface area (Å²) in [5, 5.41) is 3.52. The summed E-state index contributed by atoms with van der Waals surface area (Å²) in [6.07, 6.45) is 5.00. The van der Waals surface area contributed by atoms with Crippen LogP contribution < -0.4 is 5.32 Å². The molecular formula is C20H25N. The van der Waals surface area contributed by atoms with Crippen LogP contribution in [-0.2, 0) is 19.3 Å². The molecule has 0 saturated heterocycles. The van der Waals surface area contributed by atoms with Gasteiger partial charge in [-0.05, 0) is 54.5 Å². The van der Waals surface area contributed by atoms with Crippen molar-refractivity contribution in [3.63, 3.8) is 0 Å². The average Bonchev–Trinajstić information content (AvgIpc) is 3.00. The van der Waals surface area contributed by atoms with E-state index in [1.165, 1.54) is 30.4 Å². The molecule has 1 aliphatic rings. The third-order valence-corrected chi connectivity index (χ3v) is 4.56. The Morgan fingerprint density at radius 2 is 1.81 bits per heavy atom. The number of benzene rings is 2. The molecule has 2 aromatic rings. The van der Waals surface area contributed by atoms with Crippen LogP contribution in [0.4, 0.5) is 0 Å². The van der Waals surface area contributed by atoms with E-state index in [2.05, 4.69) is 60.8 Å². The Morgan fingerprint density at radius 1 is 1.00 bits per heavy atom. The molecule has 0 aliphatic heterocycles. The fourth-order valence-corrected chi connectivity index (χ4v) is 3.39. The van der Waals surface area contributed by atoms with Crippen molar-refractivity contribution in [1.29, 1.82) is 0 Å².